The highest BCUT2D eigenvalue weighted by Gasteiger charge is 2.26. The minimum absolute atomic E-state index is 0.0696. The van der Waals surface area contributed by atoms with Crippen molar-refractivity contribution in [2.24, 2.45) is 10.8 Å². The van der Waals surface area contributed by atoms with Crippen LogP contribution in [0.1, 0.15) is 93.1 Å². The Hall–Kier alpha value is -3.39. The highest BCUT2D eigenvalue weighted by atomic mass is 16.5. The minimum Gasteiger partial charge on any atom is -0.423 e. The van der Waals surface area contributed by atoms with Crippen molar-refractivity contribution in [1.82, 2.24) is 0 Å². The predicted octanol–water partition coefficient (Wildman–Crippen LogP) is 11.1. The summed E-state index contributed by atoms with van der Waals surface area (Å²) in [6.07, 6.45) is 26.3. The van der Waals surface area contributed by atoms with Gasteiger partial charge < -0.3 is 4.74 Å². The summed E-state index contributed by atoms with van der Waals surface area (Å²) in [5.41, 5.74) is 7.53. The molecule has 0 saturated heterocycles. The molecule has 1 aromatic rings. The Balaban J connectivity index is 1.93. The summed E-state index contributed by atoms with van der Waals surface area (Å²) in [4.78, 5) is 12.4. The van der Waals surface area contributed by atoms with Crippen LogP contribution < -0.4 is 4.74 Å². The van der Waals surface area contributed by atoms with Crippen LogP contribution in [0.2, 0.25) is 0 Å². The third kappa shape index (κ3) is 11.4. The van der Waals surface area contributed by atoms with Gasteiger partial charge in [-0.05, 0) is 101 Å². The molecule has 1 aromatic carbocycles. The summed E-state index contributed by atoms with van der Waals surface area (Å²) in [7, 11) is 0. The van der Waals surface area contributed by atoms with E-state index in [1.54, 1.807) is 0 Å². The molecule has 0 bridgehead atoms. The van der Waals surface area contributed by atoms with E-state index in [4.69, 9.17) is 4.74 Å². The van der Waals surface area contributed by atoms with Gasteiger partial charge in [-0.25, -0.2) is 4.79 Å². The molecular formula is C38H50O2. The van der Waals surface area contributed by atoms with Crippen molar-refractivity contribution in [1.29, 1.82) is 0 Å². The van der Waals surface area contributed by atoms with Gasteiger partial charge >= 0.3 is 5.97 Å². The zero-order valence-corrected chi connectivity index (χ0v) is 26.1. The van der Waals surface area contributed by atoms with Crippen molar-refractivity contribution in [3.05, 3.63) is 119 Å². The molecule has 40 heavy (non-hydrogen) atoms. The molecule has 2 rings (SSSR count). The number of hydrogen-bond acceptors (Lipinski definition) is 2. The lowest BCUT2D eigenvalue weighted by atomic mass is 9.72. The minimum atomic E-state index is -0.383. The molecule has 0 spiro atoms. The second-order valence-corrected chi connectivity index (χ2v) is 12.3. The molecule has 0 fully saturated rings. The molecule has 0 radical (unpaired) electrons. The second-order valence-electron chi connectivity index (χ2n) is 12.3. The summed E-state index contributed by atoms with van der Waals surface area (Å²) in [6, 6.07) is 7.58. The molecule has 0 N–H and O–H groups in total. The van der Waals surface area contributed by atoms with E-state index in [2.05, 4.69) is 91.5 Å². The number of carbonyl (C=O) groups is 1. The maximum absolute atomic E-state index is 12.4. The monoisotopic (exact) mass is 538 g/mol. The van der Waals surface area contributed by atoms with Gasteiger partial charge in [0.1, 0.15) is 5.75 Å². The number of ether oxygens (including phenoxy) is 1. The topological polar surface area (TPSA) is 26.3 Å². The molecule has 214 valence electrons. The Bertz CT molecular complexity index is 1230. The van der Waals surface area contributed by atoms with E-state index in [1.807, 2.05) is 49.4 Å². The van der Waals surface area contributed by atoms with Gasteiger partial charge in [0.15, 0.2) is 0 Å². The van der Waals surface area contributed by atoms with Gasteiger partial charge in [0.05, 0.1) is 0 Å². The molecule has 0 heterocycles. The van der Waals surface area contributed by atoms with E-state index in [1.165, 1.54) is 47.6 Å². The fraction of sp³-hybridized carbons (Fsp3) is 0.395. The maximum Gasteiger partial charge on any atom is 0.336 e. The summed E-state index contributed by atoms with van der Waals surface area (Å²) in [6.45, 7) is 21.4. The highest BCUT2D eigenvalue weighted by Crippen LogP contribution is 2.40. The normalized spacial score (nSPS) is 17.9. The van der Waals surface area contributed by atoms with Gasteiger partial charge in [-0.1, -0.05) is 104 Å². The Morgan fingerprint density at radius 2 is 1.75 bits per heavy atom. The Kier molecular flexibility index (Phi) is 12.6. The second kappa shape index (κ2) is 15.4. The lowest BCUT2D eigenvalue weighted by molar-refractivity contribution is -0.129. The van der Waals surface area contributed by atoms with Crippen molar-refractivity contribution < 1.29 is 9.53 Å². The van der Waals surface area contributed by atoms with Crippen LogP contribution in [0.25, 0.3) is 6.08 Å². The lowest BCUT2D eigenvalue weighted by Crippen LogP contribution is -2.19. The molecule has 0 aromatic heterocycles. The number of hydrogen-bond donors (Lipinski definition) is 0. The average molecular weight is 539 g/mol. The fourth-order valence-electron chi connectivity index (χ4n) is 4.87. The predicted molar refractivity (Wildman–Crippen MR) is 174 cm³/mol. The third-order valence-electron chi connectivity index (χ3n) is 7.58. The van der Waals surface area contributed by atoms with Gasteiger partial charge in [0.2, 0.25) is 0 Å². The molecule has 2 heteroatoms. The van der Waals surface area contributed by atoms with Crippen LogP contribution >= 0.6 is 0 Å². The van der Waals surface area contributed by atoms with E-state index in [9.17, 15) is 4.79 Å². The van der Waals surface area contributed by atoms with Gasteiger partial charge in [-0.3, -0.25) is 0 Å². The SMILES string of the molecule is C=C[C@](C)(/C=C/c1ccc(OC(=O)\C=C(C)/C=C/C=C(C)/C=C\C2=C(C)CCCC2(C)C)cc1)CCC=C(C)C. The molecule has 0 saturated carbocycles. The summed E-state index contributed by atoms with van der Waals surface area (Å²) in [5, 5.41) is 0. The van der Waals surface area contributed by atoms with Crippen molar-refractivity contribution in [2.45, 2.75) is 87.5 Å². The molecule has 0 aliphatic heterocycles. The average Bonchev–Trinajstić information content (AvgIpc) is 2.87. The Labute approximate surface area is 244 Å². The number of rotatable bonds is 12. The molecule has 1 atom stereocenters. The van der Waals surface area contributed by atoms with Crippen LogP contribution in [0.3, 0.4) is 0 Å². The van der Waals surface area contributed by atoms with E-state index in [0.717, 1.165) is 24.0 Å². The van der Waals surface area contributed by atoms with Crippen LogP contribution in [-0.2, 0) is 4.79 Å². The number of esters is 1. The zero-order valence-electron chi connectivity index (χ0n) is 26.1. The Morgan fingerprint density at radius 1 is 1.05 bits per heavy atom. The quantitative estimate of drug-likeness (QED) is 0.0869. The summed E-state index contributed by atoms with van der Waals surface area (Å²) in [5.74, 6) is 0.146. The van der Waals surface area contributed by atoms with E-state index >= 15 is 0 Å². The molecular weight excluding hydrogens is 488 g/mol. The highest BCUT2D eigenvalue weighted by molar-refractivity contribution is 5.85. The van der Waals surface area contributed by atoms with Crippen LogP contribution in [-0.4, -0.2) is 5.97 Å². The molecule has 1 aliphatic carbocycles. The lowest BCUT2D eigenvalue weighted by Gasteiger charge is -2.32. The Morgan fingerprint density at radius 3 is 2.38 bits per heavy atom. The summed E-state index contributed by atoms with van der Waals surface area (Å²) >= 11 is 0. The standard InChI is InChI=1S/C38H50O2/c1-10-38(9,26-12-14-29(2)3)27-24-33-19-21-34(22-20-33)40-36(39)28-31(5)16-11-15-30(4)18-23-35-32(6)17-13-25-37(35,7)8/h10-11,14-16,18-24,27-28H,1,12-13,17,25-26H2,2-9H3/b16-11+,23-18-,27-24+,30-15+,31-28-/t38-/m0/s1. The molecule has 0 unspecified atom stereocenters. The van der Waals surface area contributed by atoms with Gasteiger partial charge in [-0.2, -0.15) is 0 Å². The van der Waals surface area contributed by atoms with Gasteiger partial charge in [0.25, 0.3) is 0 Å². The van der Waals surface area contributed by atoms with E-state index < -0.39 is 0 Å². The van der Waals surface area contributed by atoms with Crippen LogP contribution in [0, 0.1) is 10.8 Å². The molecule has 0 amide bonds. The number of benzene rings is 1. The fourth-order valence-corrected chi connectivity index (χ4v) is 4.87. The zero-order chi connectivity index (χ0) is 29.8. The van der Waals surface area contributed by atoms with Gasteiger partial charge in [0, 0.05) is 11.5 Å². The first-order valence-electron chi connectivity index (χ1n) is 14.5. The van der Waals surface area contributed by atoms with Crippen molar-refractivity contribution >= 4 is 12.0 Å². The van der Waals surface area contributed by atoms with Crippen molar-refractivity contribution in [3.8, 4) is 5.75 Å². The first kappa shape index (κ1) is 32.8. The van der Waals surface area contributed by atoms with Gasteiger partial charge in [-0.15, -0.1) is 6.58 Å². The number of allylic oxidation sites excluding steroid dienone is 13. The van der Waals surface area contributed by atoms with Crippen LogP contribution in [0.4, 0.5) is 0 Å². The van der Waals surface area contributed by atoms with E-state index in [0.29, 0.717) is 5.75 Å². The van der Waals surface area contributed by atoms with E-state index in [-0.39, 0.29) is 16.8 Å². The first-order chi connectivity index (χ1) is 18.8. The van der Waals surface area contributed by atoms with Crippen molar-refractivity contribution in [2.75, 3.05) is 0 Å². The van der Waals surface area contributed by atoms with Crippen LogP contribution in [0.15, 0.2) is 113 Å². The maximum atomic E-state index is 12.4. The van der Waals surface area contributed by atoms with Crippen LogP contribution in [0.5, 0.6) is 5.75 Å². The largest absolute Gasteiger partial charge is 0.423 e. The first-order valence-corrected chi connectivity index (χ1v) is 14.5. The van der Waals surface area contributed by atoms with Crippen molar-refractivity contribution in [3.63, 3.8) is 0 Å². The third-order valence-corrected chi connectivity index (χ3v) is 7.58. The number of carbonyl (C=O) groups excluding carboxylic acids is 1. The summed E-state index contributed by atoms with van der Waals surface area (Å²) < 4.78 is 5.52. The molecule has 1 aliphatic rings. The molecule has 2 nitrogen and oxygen atoms in total. The smallest absolute Gasteiger partial charge is 0.336 e.